The second kappa shape index (κ2) is 59.7. The maximum atomic E-state index is 13.0. The van der Waals surface area contributed by atoms with Crippen LogP contribution in [0, 0.1) is 5.92 Å². The van der Waals surface area contributed by atoms with Crippen molar-refractivity contribution in [2.75, 3.05) is 39.6 Å². The van der Waals surface area contributed by atoms with E-state index in [4.69, 9.17) is 37.0 Å². The second-order valence-corrected chi connectivity index (χ2v) is 27.0. The Morgan fingerprint density at radius 2 is 0.565 bits per heavy atom. The Kier molecular flexibility index (Phi) is 58.3. The Balaban J connectivity index is 5.04. The summed E-state index contributed by atoms with van der Waals surface area (Å²) in [5, 5.41) is 10.5. The van der Waals surface area contributed by atoms with E-state index in [1.165, 1.54) is 148 Å². The van der Waals surface area contributed by atoms with E-state index in [1.54, 1.807) is 0 Å². The summed E-state index contributed by atoms with van der Waals surface area (Å²) in [6.07, 6.45) is 45.0. The first-order valence-electron chi connectivity index (χ1n) is 34.7. The van der Waals surface area contributed by atoms with Crippen molar-refractivity contribution in [1.29, 1.82) is 0 Å². The minimum absolute atomic E-state index is 0.104. The molecule has 3 N–H and O–H groups in total. The molecule has 0 saturated carbocycles. The molecule has 3 unspecified atom stereocenters. The van der Waals surface area contributed by atoms with Crippen molar-refractivity contribution in [1.82, 2.24) is 0 Å². The summed E-state index contributed by atoms with van der Waals surface area (Å²) >= 11 is 0. The van der Waals surface area contributed by atoms with Crippen LogP contribution in [-0.2, 0) is 65.4 Å². The first-order valence-corrected chi connectivity index (χ1v) is 37.7. The van der Waals surface area contributed by atoms with E-state index >= 15 is 0 Å². The first kappa shape index (κ1) is 83.1. The number of phosphoric ester groups is 2. The summed E-state index contributed by atoms with van der Waals surface area (Å²) in [7, 11) is -9.87. The van der Waals surface area contributed by atoms with Crippen LogP contribution in [0.3, 0.4) is 0 Å². The molecule has 0 amide bonds. The first-order chi connectivity index (χ1) is 41.1. The minimum Gasteiger partial charge on any atom is -0.462 e. The van der Waals surface area contributed by atoms with Gasteiger partial charge in [-0.3, -0.25) is 37.3 Å². The van der Waals surface area contributed by atoms with Crippen LogP contribution < -0.4 is 0 Å². The molecular formula is C66H128O17P2. The van der Waals surface area contributed by atoms with Gasteiger partial charge in [-0.25, -0.2) is 9.13 Å². The lowest BCUT2D eigenvalue weighted by Gasteiger charge is -2.21. The Bertz CT molecular complexity index is 1650. The smallest absolute Gasteiger partial charge is 0.462 e. The molecule has 504 valence electrons. The van der Waals surface area contributed by atoms with Crippen LogP contribution in [0.4, 0.5) is 0 Å². The number of phosphoric acid groups is 2. The van der Waals surface area contributed by atoms with Crippen LogP contribution in [0.2, 0.25) is 0 Å². The zero-order valence-corrected chi connectivity index (χ0v) is 56.5. The molecule has 0 aromatic carbocycles. The highest BCUT2D eigenvalue weighted by atomic mass is 31.2. The topological polar surface area (TPSA) is 237 Å². The number of aliphatic hydroxyl groups is 1. The summed E-state index contributed by atoms with van der Waals surface area (Å²) in [6, 6.07) is 0. The number of carbonyl (C=O) groups is 4. The molecule has 0 aliphatic heterocycles. The Morgan fingerprint density at radius 1 is 0.329 bits per heavy atom. The highest BCUT2D eigenvalue weighted by Crippen LogP contribution is 2.45. The fourth-order valence-corrected chi connectivity index (χ4v) is 11.5. The van der Waals surface area contributed by atoms with Crippen molar-refractivity contribution in [2.45, 2.75) is 355 Å². The van der Waals surface area contributed by atoms with E-state index in [2.05, 4.69) is 34.6 Å². The lowest BCUT2D eigenvalue weighted by molar-refractivity contribution is -0.161. The Morgan fingerprint density at radius 3 is 0.835 bits per heavy atom. The third-order valence-corrected chi connectivity index (χ3v) is 17.5. The summed E-state index contributed by atoms with van der Waals surface area (Å²) in [4.78, 5) is 71.9. The van der Waals surface area contributed by atoms with Gasteiger partial charge >= 0.3 is 39.5 Å². The molecule has 0 rings (SSSR count). The lowest BCUT2D eigenvalue weighted by Crippen LogP contribution is -2.30. The number of unbranched alkanes of at least 4 members (excludes halogenated alkanes) is 37. The zero-order valence-electron chi connectivity index (χ0n) is 54.7. The average Bonchev–Trinajstić information content (AvgIpc) is 3.61. The largest absolute Gasteiger partial charge is 0.472 e. The average molecular weight is 1260 g/mol. The zero-order chi connectivity index (χ0) is 62.8. The van der Waals surface area contributed by atoms with Crippen LogP contribution in [0.5, 0.6) is 0 Å². The van der Waals surface area contributed by atoms with Gasteiger partial charge in [0.1, 0.15) is 19.3 Å². The van der Waals surface area contributed by atoms with Crippen LogP contribution >= 0.6 is 15.6 Å². The summed E-state index contributed by atoms with van der Waals surface area (Å²) < 4.78 is 67.7. The van der Waals surface area contributed by atoms with Gasteiger partial charge in [-0.1, -0.05) is 285 Å². The highest BCUT2D eigenvalue weighted by Gasteiger charge is 2.30. The fourth-order valence-electron chi connectivity index (χ4n) is 9.90. The van der Waals surface area contributed by atoms with Crippen LogP contribution in [0.25, 0.3) is 0 Å². The molecule has 85 heavy (non-hydrogen) atoms. The van der Waals surface area contributed by atoms with Gasteiger partial charge in [-0.15, -0.1) is 0 Å². The molecule has 6 atom stereocenters. The summed E-state index contributed by atoms with van der Waals surface area (Å²) in [6.45, 7) is 7.15. The van der Waals surface area contributed by atoms with Gasteiger partial charge < -0.3 is 33.8 Å². The number of rotatable bonds is 66. The van der Waals surface area contributed by atoms with Gasteiger partial charge in [0.05, 0.1) is 26.4 Å². The fraction of sp³-hybridized carbons (Fsp3) is 0.939. The van der Waals surface area contributed by atoms with E-state index < -0.39 is 97.5 Å². The van der Waals surface area contributed by atoms with Gasteiger partial charge in [0.2, 0.25) is 0 Å². The van der Waals surface area contributed by atoms with Gasteiger partial charge in [0.25, 0.3) is 0 Å². The van der Waals surface area contributed by atoms with Crippen molar-refractivity contribution in [3.63, 3.8) is 0 Å². The van der Waals surface area contributed by atoms with E-state index in [-0.39, 0.29) is 25.7 Å². The Hall–Kier alpha value is -1.94. The third kappa shape index (κ3) is 59.5. The van der Waals surface area contributed by atoms with Crippen molar-refractivity contribution in [3.05, 3.63) is 0 Å². The van der Waals surface area contributed by atoms with Crippen molar-refractivity contribution in [2.24, 2.45) is 5.92 Å². The van der Waals surface area contributed by atoms with E-state index in [0.717, 1.165) is 109 Å². The number of carbonyl (C=O) groups excluding carboxylic acids is 4. The SMILES string of the molecule is CCCCCCCCCCCCC(=O)OC[C@H](COP(=O)(O)OC[C@@H](O)COP(=O)(O)OC[C@@H](COC(=O)CCCCCCC)OC(=O)CCCCCCCCCC)OC(=O)CCCCCCCCCCCCCCCCCCCCC(C)CC. The molecule has 0 aromatic rings. The molecule has 0 heterocycles. The lowest BCUT2D eigenvalue weighted by atomic mass is 9.99. The maximum absolute atomic E-state index is 13.0. The molecular weight excluding hydrogens is 1130 g/mol. The monoisotopic (exact) mass is 1250 g/mol. The number of hydrogen-bond donors (Lipinski definition) is 3. The van der Waals surface area contributed by atoms with Gasteiger partial charge in [0, 0.05) is 25.7 Å². The van der Waals surface area contributed by atoms with E-state index in [9.17, 15) is 43.2 Å². The van der Waals surface area contributed by atoms with Crippen LogP contribution in [0.1, 0.15) is 336 Å². The van der Waals surface area contributed by atoms with Crippen LogP contribution in [-0.4, -0.2) is 96.7 Å². The standard InChI is InChI=1S/C66H128O17P2/c1-6-10-13-16-18-20-32-36-40-45-50-64(69)77-56-62(83-66(71)52-47-42-37-33-30-28-26-24-22-21-23-25-27-29-31-34-39-43-48-59(5)9-4)58-81-85(74,75)79-54-60(67)53-78-84(72,73)80-57-61(55-76-63(68)49-44-38-15-12-8-3)82-65(70)51-46-41-35-19-17-14-11-7-2/h59-62,67H,6-58H2,1-5H3,(H,72,73)(H,74,75)/t59?,60-,61+,62+/m0/s1. The predicted molar refractivity (Wildman–Crippen MR) is 340 cm³/mol. The van der Waals surface area contributed by atoms with E-state index in [0.29, 0.717) is 25.7 Å². The molecule has 0 fully saturated rings. The van der Waals surface area contributed by atoms with E-state index in [1.807, 2.05) is 0 Å². The molecule has 17 nitrogen and oxygen atoms in total. The third-order valence-electron chi connectivity index (χ3n) is 15.6. The molecule has 0 spiro atoms. The van der Waals surface area contributed by atoms with Crippen molar-refractivity contribution in [3.8, 4) is 0 Å². The van der Waals surface area contributed by atoms with Gasteiger partial charge in [0.15, 0.2) is 12.2 Å². The maximum Gasteiger partial charge on any atom is 0.472 e. The molecule has 0 bridgehead atoms. The molecule has 0 saturated heterocycles. The minimum atomic E-state index is -4.94. The summed E-state index contributed by atoms with van der Waals surface area (Å²) in [5.74, 6) is -1.27. The highest BCUT2D eigenvalue weighted by molar-refractivity contribution is 7.47. The molecule has 0 aromatic heterocycles. The number of aliphatic hydroxyl groups excluding tert-OH is 1. The quantitative estimate of drug-likeness (QED) is 0.0222. The Labute approximate surface area is 517 Å². The second-order valence-electron chi connectivity index (χ2n) is 24.1. The number of esters is 4. The predicted octanol–water partition coefficient (Wildman–Crippen LogP) is 18.6. The van der Waals surface area contributed by atoms with Gasteiger partial charge in [-0.05, 0) is 31.6 Å². The molecule has 0 aliphatic rings. The molecule has 19 heteroatoms. The summed E-state index contributed by atoms with van der Waals surface area (Å²) in [5.41, 5.74) is 0. The molecule has 0 aliphatic carbocycles. The van der Waals surface area contributed by atoms with Crippen LogP contribution in [0.15, 0.2) is 0 Å². The molecule has 0 radical (unpaired) electrons. The number of hydrogen-bond acceptors (Lipinski definition) is 15. The van der Waals surface area contributed by atoms with Crippen molar-refractivity contribution >= 4 is 39.5 Å². The van der Waals surface area contributed by atoms with Gasteiger partial charge in [-0.2, -0.15) is 0 Å². The number of ether oxygens (including phenoxy) is 4. The van der Waals surface area contributed by atoms with Crippen molar-refractivity contribution < 1.29 is 80.2 Å². The normalized spacial score (nSPS) is 14.5.